The average molecular weight is 553 g/mol. The van der Waals surface area contributed by atoms with Gasteiger partial charge in [0.15, 0.2) is 0 Å². The fourth-order valence-corrected chi connectivity index (χ4v) is 5.38. The van der Waals surface area contributed by atoms with Crippen LogP contribution in [-0.2, 0) is 27.2 Å². The van der Waals surface area contributed by atoms with Gasteiger partial charge < -0.3 is 43.4 Å². The van der Waals surface area contributed by atoms with Gasteiger partial charge in [-0.1, -0.05) is 25.0 Å². The van der Waals surface area contributed by atoms with Crippen molar-refractivity contribution in [3.05, 3.63) is 47.5 Å². The Labute approximate surface area is 233 Å². The summed E-state index contributed by atoms with van der Waals surface area (Å²) in [7, 11) is 0. The lowest BCUT2D eigenvalue weighted by Gasteiger charge is -2.31. The van der Waals surface area contributed by atoms with Crippen LogP contribution >= 0.6 is 0 Å². The van der Waals surface area contributed by atoms with E-state index in [1.165, 1.54) is 12.1 Å². The highest BCUT2D eigenvalue weighted by molar-refractivity contribution is 5.93. The number of nitrogens with one attached hydrogen (secondary N) is 3. The fraction of sp³-hybridized carbons (Fsp3) is 0.483. The van der Waals surface area contributed by atoms with Crippen molar-refractivity contribution in [2.75, 3.05) is 6.54 Å². The van der Waals surface area contributed by atoms with Crippen LogP contribution in [0.15, 0.2) is 36.4 Å². The lowest BCUT2D eigenvalue weighted by atomic mass is 9.90. The topological polar surface area (TPSA) is 206 Å². The molecule has 216 valence electrons. The van der Waals surface area contributed by atoms with Crippen LogP contribution < -0.4 is 33.2 Å². The lowest BCUT2D eigenvalue weighted by Crippen LogP contribution is -2.59. The van der Waals surface area contributed by atoms with Gasteiger partial charge in [-0.3, -0.25) is 14.4 Å². The number of nitrogens with two attached hydrogens (primary N) is 3. The summed E-state index contributed by atoms with van der Waals surface area (Å²) in [5, 5.41) is 29.7. The van der Waals surface area contributed by atoms with Crippen LogP contribution in [0.5, 0.6) is 11.5 Å². The maximum absolute atomic E-state index is 13.6. The highest BCUT2D eigenvalue weighted by atomic mass is 16.3. The molecule has 0 aromatic heterocycles. The summed E-state index contributed by atoms with van der Waals surface area (Å²) in [5.41, 5.74) is 20.5. The minimum Gasteiger partial charge on any atom is -0.508 e. The van der Waals surface area contributed by atoms with E-state index < -0.39 is 35.8 Å². The summed E-state index contributed by atoms with van der Waals surface area (Å²) in [5.74, 6) is -1.58. The third-order valence-corrected chi connectivity index (χ3v) is 7.80. The van der Waals surface area contributed by atoms with Crippen LogP contribution in [-0.4, -0.2) is 64.7 Å². The number of phenols is 2. The summed E-state index contributed by atoms with van der Waals surface area (Å²) in [6.07, 6.45) is 4.21. The zero-order chi connectivity index (χ0) is 28.8. The first-order chi connectivity index (χ1) is 19.2. The molecule has 4 bridgehead atoms. The van der Waals surface area contributed by atoms with E-state index in [0.29, 0.717) is 24.1 Å². The highest BCUT2D eigenvalue weighted by Crippen LogP contribution is 2.31. The molecular weight excluding hydrogens is 512 g/mol. The maximum Gasteiger partial charge on any atom is 0.243 e. The van der Waals surface area contributed by atoms with E-state index in [2.05, 4.69) is 16.0 Å². The first-order valence-electron chi connectivity index (χ1n) is 13.9. The largest absolute Gasteiger partial charge is 0.508 e. The Balaban J connectivity index is 1.73. The quantitative estimate of drug-likeness (QED) is 0.258. The Morgan fingerprint density at radius 1 is 0.900 bits per heavy atom. The van der Waals surface area contributed by atoms with Gasteiger partial charge in [0.05, 0.1) is 6.04 Å². The standard InChI is InChI=1S/C29H40N6O5/c30-11-3-6-23-28(39)35-24(29(40)33-22-5-2-1-4-20(22)31)15-19-13-17(8-10-26(19)37)16-7-9-25(36)18(12-16)14-21(32)27(38)34-23/h7-10,12-13,20-24,36-37H,1-6,11,14-15,30-32H2,(H,33,40)(H,34,38)(H,35,39)/t20-,21-,22-,23+,24+/m1/s1. The number of benzene rings is 2. The second-order valence-electron chi connectivity index (χ2n) is 10.8. The zero-order valence-electron chi connectivity index (χ0n) is 22.6. The van der Waals surface area contributed by atoms with Crippen molar-refractivity contribution in [2.24, 2.45) is 17.2 Å². The van der Waals surface area contributed by atoms with Gasteiger partial charge in [0, 0.05) is 24.9 Å². The lowest BCUT2D eigenvalue weighted by molar-refractivity contribution is -0.132. The molecule has 4 rings (SSSR count). The molecule has 1 aliphatic heterocycles. The average Bonchev–Trinajstić information content (AvgIpc) is 2.93. The summed E-state index contributed by atoms with van der Waals surface area (Å²) in [4.78, 5) is 40.1. The third-order valence-electron chi connectivity index (χ3n) is 7.80. The predicted octanol–water partition coefficient (Wildman–Crippen LogP) is 0.285. The minimum atomic E-state index is -1.05. The number of hydrogen-bond acceptors (Lipinski definition) is 8. The van der Waals surface area contributed by atoms with Gasteiger partial charge in [0.2, 0.25) is 17.7 Å². The number of rotatable bonds is 5. The van der Waals surface area contributed by atoms with Crippen LogP contribution in [0.4, 0.5) is 0 Å². The van der Waals surface area contributed by atoms with Crippen molar-refractivity contribution in [3.63, 3.8) is 0 Å². The summed E-state index contributed by atoms with van der Waals surface area (Å²) in [6.45, 7) is 0.302. The number of hydrogen-bond donors (Lipinski definition) is 8. The van der Waals surface area contributed by atoms with Gasteiger partial charge in [-0.2, -0.15) is 0 Å². The number of carbonyl (C=O) groups excluding carboxylic acids is 3. The Morgan fingerprint density at radius 2 is 1.52 bits per heavy atom. The van der Waals surface area contributed by atoms with Crippen LogP contribution in [0, 0.1) is 0 Å². The number of amides is 3. The summed E-state index contributed by atoms with van der Waals surface area (Å²) in [6, 6.07) is 6.50. The van der Waals surface area contributed by atoms with Gasteiger partial charge in [-0.15, -0.1) is 0 Å². The van der Waals surface area contributed by atoms with Crippen LogP contribution in [0.1, 0.15) is 49.7 Å². The first kappa shape index (κ1) is 29.3. The van der Waals surface area contributed by atoms with Crippen molar-refractivity contribution in [3.8, 4) is 22.6 Å². The molecule has 2 aromatic carbocycles. The van der Waals surface area contributed by atoms with E-state index in [1.807, 2.05) is 0 Å². The Morgan fingerprint density at radius 3 is 2.15 bits per heavy atom. The number of phenolic OH excluding ortho intramolecular Hbond substituents is 2. The molecule has 11 nitrogen and oxygen atoms in total. The smallest absolute Gasteiger partial charge is 0.243 e. The van der Waals surface area contributed by atoms with Crippen molar-refractivity contribution in [2.45, 2.75) is 81.6 Å². The minimum absolute atomic E-state index is 0.00121. The van der Waals surface area contributed by atoms with Crippen LogP contribution in [0.25, 0.3) is 11.1 Å². The molecule has 0 spiro atoms. The van der Waals surface area contributed by atoms with Gasteiger partial charge in [0.25, 0.3) is 0 Å². The monoisotopic (exact) mass is 552 g/mol. The molecule has 0 saturated heterocycles. The van der Waals surface area contributed by atoms with Crippen molar-refractivity contribution >= 4 is 17.7 Å². The maximum atomic E-state index is 13.6. The van der Waals surface area contributed by atoms with Crippen molar-refractivity contribution < 1.29 is 24.6 Å². The molecule has 11 heteroatoms. The van der Waals surface area contributed by atoms with Crippen LogP contribution in [0.2, 0.25) is 0 Å². The molecule has 2 aliphatic rings. The molecule has 1 heterocycles. The first-order valence-corrected chi connectivity index (χ1v) is 13.9. The molecule has 0 unspecified atom stereocenters. The fourth-order valence-electron chi connectivity index (χ4n) is 5.38. The second-order valence-corrected chi connectivity index (χ2v) is 10.8. The molecular formula is C29H40N6O5. The summed E-state index contributed by atoms with van der Waals surface area (Å²) < 4.78 is 0. The Bertz CT molecular complexity index is 1240. The zero-order valence-corrected chi connectivity index (χ0v) is 22.6. The number of carbonyl (C=O) groups is 3. The van der Waals surface area contributed by atoms with E-state index in [0.717, 1.165) is 36.8 Å². The highest BCUT2D eigenvalue weighted by Gasteiger charge is 2.32. The van der Waals surface area contributed by atoms with Crippen molar-refractivity contribution in [1.29, 1.82) is 0 Å². The molecule has 0 radical (unpaired) electrons. The SMILES string of the molecule is NCCC[C@@H]1NC(=O)[C@H](N)Cc2cc(ccc2O)-c2ccc(O)c(c2)C[C@@H](C(=O)N[C@@H]2CCCC[C@H]2N)NC1=O. The third kappa shape index (κ3) is 7.09. The summed E-state index contributed by atoms with van der Waals surface area (Å²) >= 11 is 0. The molecule has 2 aromatic rings. The molecule has 1 fully saturated rings. The second kappa shape index (κ2) is 13.1. The van der Waals surface area contributed by atoms with E-state index in [-0.39, 0.29) is 42.8 Å². The number of fused-ring (bicyclic) bond motifs is 5. The molecule has 1 aliphatic carbocycles. The van der Waals surface area contributed by atoms with Gasteiger partial charge in [-0.05, 0) is 78.7 Å². The molecule has 11 N–H and O–H groups in total. The molecule has 40 heavy (non-hydrogen) atoms. The van der Waals surface area contributed by atoms with Gasteiger partial charge in [0.1, 0.15) is 23.6 Å². The predicted molar refractivity (Wildman–Crippen MR) is 151 cm³/mol. The molecule has 5 atom stereocenters. The Kier molecular flexibility index (Phi) is 9.62. The van der Waals surface area contributed by atoms with Crippen molar-refractivity contribution in [1.82, 2.24) is 16.0 Å². The molecule has 3 amide bonds. The Hall–Kier alpha value is -3.67. The van der Waals surface area contributed by atoms with E-state index in [4.69, 9.17) is 17.2 Å². The van der Waals surface area contributed by atoms with Gasteiger partial charge in [-0.25, -0.2) is 0 Å². The van der Waals surface area contributed by atoms with E-state index in [9.17, 15) is 24.6 Å². The van der Waals surface area contributed by atoms with E-state index >= 15 is 0 Å². The number of aromatic hydroxyl groups is 2. The van der Waals surface area contributed by atoms with E-state index in [1.54, 1.807) is 24.3 Å². The normalized spacial score (nSPS) is 25.6. The van der Waals surface area contributed by atoms with Crippen LogP contribution in [0.3, 0.4) is 0 Å². The van der Waals surface area contributed by atoms with Gasteiger partial charge >= 0.3 is 0 Å². The molecule has 1 saturated carbocycles.